The van der Waals surface area contributed by atoms with Gasteiger partial charge in [0.1, 0.15) is 0 Å². The molecule has 0 aliphatic carbocycles. The number of hydrogen-bond acceptors (Lipinski definition) is 4. The molecular weight excluding hydrogens is 463 g/mol. The Kier molecular flexibility index (Phi) is 7.69. The van der Waals surface area contributed by atoms with E-state index in [1.54, 1.807) is 30.0 Å². The van der Waals surface area contributed by atoms with Gasteiger partial charge in [0.2, 0.25) is 0 Å². The highest BCUT2D eigenvalue weighted by molar-refractivity contribution is 7.98. The quantitative estimate of drug-likeness (QED) is 0.407. The fourth-order valence-electron chi connectivity index (χ4n) is 2.87. The summed E-state index contributed by atoms with van der Waals surface area (Å²) in [5.74, 6) is 1.23. The van der Waals surface area contributed by atoms with Gasteiger partial charge in [0, 0.05) is 22.8 Å². The van der Waals surface area contributed by atoms with Crippen LogP contribution in [0.4, 0.5) is 0 Å². The van der Waals surface area contributed by atoms with E-state index >= 15 is 0 Å². The number of amides is 1. The van der Waals surface area contributed by atoms with E-state index < -0.39 is 0 Å². The fraction of sp³-hybridized carbons (Fsp3) is 0.286. The average Bonchev–Trinajstić information content (AvgIpc) is 3.05. The topological polar surface area (TPSA) is 59.8 Å². The molecule has 1 heterocycles. The minimum Gasteiger partial charge on any atom is -0.342 e. The number of rotatable bonds is 7. The van der Waals surface area contributed by atoms with Gasteiger partial charge in [-0.2, -0.15) is 0 Å². The summed E-state index contributed by atoms with van der Waals surface area (Å²) < 4.78 is 1.91. The second-order valence-electron chi connectivity index (χ2n) is 7.13. The molecule has 0 aliphatic heterocycles. The van der Waals surface area contributed by atoms with Crippen LogP contribution in [-0.4, -0.2) is 20.7 Å². The Balaban J connectivity index is 1.76. The van der Waals surface area contributed by atoms with Gasteiger partial charge in [-0.25, -0.2) is 0 Å². The standard InChI is InChI=1S/C21H21Cl3N4OS/c1-12(2)18(25-20(29)16-9-8-15(23)10-17(16)24)19-26-27-21(28(19)3)30-11-13-4-6-14(22)7-5-13/h4-10,12,18H,11H2,1-3H3,(H,25,29)/t18-/m1/s1. The van der Waals surface area contributed by atoms with Crippen LogP contribution < -0.4 is 5.32 Å². The Bertz CT molecular complexity index is 1040. The zero-order valence-electron chi connectivity index (χ0n) is 16.7. The molecule has 0 fully saturated rings. The Morgan fingerprint density at radius 3 is 2.37 bits per heavy atom. The summed E-state index contributed by atoms with van der Waals surface area (Å²) in [4.78, 5) is 12.8. The van der Waals surface area contributed by atoms with Gasteiger partial charge < -0.3 is 9.88 Å². The van der Waals surface area contributed by atoms with Crippen LogP contribution in [0.5, 0.6) is 0 Å². The molecule has 1 amide bonds. The molecule has 30 heavy (non-hydrogen) atoms. The smallest absolute Gasteiger partial charge is 0.253 e. The maximum atomic E-state index is 12.8. The minimum atomic E-state index is -0.327. The Labute approximate surface area is 195 Å². The highest BCUT2D eigenvalue weighted by atomic mass is 35.5. The number of nitrogens with one attached hydrogen (secondary N) is 1. The number of aromatic nitrogens is 3. The fourth-order valence-corrected chi connectivity index (χ4v) is 4.37. The Morgan fingerprint density at radius 2 is 1.73 bits per heavy atom. The average molecular weight is 484 g/mol. The van der Waals surface area contributed by atoms with Gasteiger partial charge in [-0.15, -0.1) is 10.2 Å². The lowest BCUT2D eigenvalue weighted by Gasteiger charge is -2.22. The second kappa shape index (κ2) is 10.1. The van der Waals surface area contributed by atoms with E-state index in [9.17, 15) is 4.79 Å². The molecule has 3 aromatic rings. The van der Waals surface area contributed by atoms with Crippen LogP contribution in [0.15, 0.2) is 47.6 Å². The predicted molar refractivity (Wildman–Crippen MR) is 124 cm³/mol. The Morgan fingerprint density at radius 1 is 1.07 bits per heavy atom. The van der Waals surface area contributed by atoms with Crippen LogP contribution >= 0.6 is 46.6 Å². The van der Waals surface area contributed by atoms with Crippen molar-refractivity contribution in [3.05, 3.63) is 74.5 Å². The van der Waals surface area contributed by atoms with Gasteiger partial charge in [-0.1, -0.05) is 72.5 Å². The number of carbonyl (C=O) groups excluding carboxylic acids is 1. The van der Waals surface area contributed by atoms with Gasteiger partial charge >= 0.3 is 0 Å². The molecule has 0 aliphatic rings. The van der Waals surface area contributed by atoms with Crippen LogP contribution in [0.2, 0.25) is 15.1 Å². The van der Waals surface area contributed by atoms with Gasteiger partial charge in [0.05, 0.1) is 16.6 Å². The molecule has 158 valence electrons. The lowest BCUT2D eigenvalue weighted by atomic mass is 10.0. The normalized spacial score (nSPS) is 12.2. The van der Waals surface area contributed by atoms with E-state index in [0.29, 0.717) is 26.5 Å². The molecule has 0 radical (unpaired) electrons. The van der Waals surface area contributed by atoms with Crippen molar-refractivity contribution in [1.29, 1.82) is 0 Å². The molecule has 5 nitrogen and oxygen atoms in total. The summed E-state index contributed by atoms with van der Waals surface area (Å²) in [5.41, 5.74) is 1.51. The number of thioether (sulfide) groups is 1. The molecule has 0 unspecified atom stereocenters. The summed E-state index contributed by atoms with van der Waals surface area (Å²) in [5, 5.41) is 14.0. The summed E-state index contributed by atoms with van der Waals surface area (Å²) in [6, 6.07) is 12.2. The van der Waals surface area contributed by atoms with Crippen LogP contribution in [0.1, 0.15) is 41.6 Å². The third kappa shape index (κ3) is 5.49. The SMILES string of the molecule is CC(C)[C@@H](NC(=O)c1ccc(Cl)cc1Cl)c1nnc(SCc2ccc(Cl)cc2)n1C. The monoisotopic (exact) mass is 482 g/mol. The lowest BCUT2D eigenvalue weighted by molar-refractivity contribution is 0.0922. The summed E-state index contributed by atoms with van der Waals surface area (Å²) in [7, 11) is 1.90. The maximum absolute atomic E-state index is 12.8. The van der Waals surface area contributed by atoms with Crippen molar-refractivity contribution in [3.8, 4) is 0 Å². The van der Waals surface area contributed by atoms with E-state index in [1.165, 1.54) is 0 Å². The van der Waals surface area contributed by atoms with Crippen molar-refractivity contribution in [2.45, 2.75) is 30.8 Å². The first kappa shape index (κ1) is 22.9. The highest BCUT2D eigenvalue weighted by Crippen LogP contribution is 2.28. The second-order valence-corrected chi connectivity index (χ2v) is 9.36. The van der Waals surface area contributed by atoms with Crippen molar-refractivity contribution in [2.24, 2.45) is 13.0 Å². The van der Waals surface area contributed by atoms with Crippen molar-refractivity contribution >= 4 is 52.5 Å². The first-order valence-electron chi connectivity index (χ1n) is 9.28. The number of halogens is 3. The molecule has 1 N–H and O–H groups in total. The molecule has 9 heteroatoms. The summed E-state index contributed by atoms with van der Waals surface area (Å²) in [6.45, 7) is 4.03. The maximum Gasteiger partial charge on any atom is 0.253 e. The number of hydrogen-bond donors (Lipinski definition) is 1. The molecule has 3 rings (SSSR count). The van der Waals surface area contributed by atoms with E-state index in [4.69, 9.17) is 34.8 Å². The van der Waals surface area contributed by atoms with Crippen LogP contribution in [-0.2, 0) is 12.8 Å². The van der Waals surface area contributed by atoms with Crippen LogP contribution in [0.25, 0.3) is 0 Å². The molecule has 0 bridgehead atoms. The molecule has 2 aromatic carbocycles. The van der Waals surface area contributed by atoms with Crippen LogP contribution in [0.3, 0.4) is 0 Å². The number of carbonyl (C=O) groups is 1. The molecule has 0 saturated heterocycles. The van der Waals surface area contributed by atoms with E-state index in [2.05, 4.69) is 15.5 Å². The molecular formula is C21H21Cl3N4OS. The van der Waals surface area contributed by atoms with Crippen molar-refractivity contribution in [2.75, 3.05) is 0 Å². The van der Waals surface area contributed by atoms with E-state index in [0.717, 1.165) is 16.5 Å². The van der Waals surface area contributed by atoms with E-state index in [-0.39, 0.29) is 17.9 Å². The molecule has 0 spiro atoms. The molecule has 1 atom stereocenters. The van der Waals surface area contributed by atoms with Crippen molar-refractivity contribution < 1.29 is 4.79 Å². The predicted octanol–water partition coefficient (Wildman–Crippen LogP) is 6.19. The first-order valence-corrected chi connectivity index (χ1v) is 11.4. The minimum absolute atomic E-state index is 0.0945. The number of nitrogens with zero attached hydrogens (tertiary/aromatic N) is 3. The molecule has 0 saturated carbocycles. The van der Waals surface area contributed by atoms with Gasteiger partial charge in [-0.3, -0.25) is 4.79 Å². The Hall–Kier alpha value is -1.73. The highest BCUT2D eigenvalue weighted by Gasteiger charge is 2.26. The zero-order valence-corrected chi connectivity index (χ0v) is 19.8. The first-order chi connectivity index (χ1) is 14.3. The van der Waals surface area contributed by atoms with Crippen LogP contribution in [0, 0.1) is 5.92 Å². The van der Waals surface area contributed by atoms with Gasteiger partial charge in [0.25, 0.3) is 5.91 Å². The zero-order chi connectivity index (χ0) is 21.8. The van der Waals surface area contributed by atoms with Gasteiger partial charge in [0.15, 0.2) is 11.0 Å². The number of benzene rings is 2. The van der Waals surface area contributed by atoms with E-state index in [1.807, 2.05) is 49.7 Å². The lowest BCUT2D eigenvalue weighted by Crippen LogP contribution is -2.33. The van der Waals surface area contributed by atoms with Crippen molar-refractivity contribution in [3.63, 3.8) is 0 Å². The largest absolute Gasteiger partial charge is 0.342 e. The summed E-state index contributed by atoms with van der Waals surface area (Å²) in [6.07, 6.45) is 0. The van der Waals surface area contributed by atoms with Gasteiger partial charge in [-0.05, 0) is 41.8 Å². The van der Waals surface area contributed by atoms with Crippen molar-refractivity contribution in [1.82, 2.24) is 20.1 Å². The summed E-state index contributed by atoms with van der Waals surface area (Å²) >= 11 is 19.6. The third-order valence-electron chi connectivity index (χ3n) is 4.56. The third-order valence-corrected chi connectivity index (χ3v) is 6.45. The molecule has 1 aromatic heterocycles.